The molecule has 62 heavy (non-hydrogen) atoms. The Morgan fingerprint density at radius 3 is 1.44 bits per heavy atom. The minimum absolute atomic E-state index is 0. The van der Waals surface area contributed by atoms with Crippen LogP contribution in [0.15, 0.2) is 0 Å². The first-order valence-electron chi connectivity index (χ1n) is 23.4. The number of carbonyl (C=O) groups is 7. The summed E-state index contributed by atoms with van der Waals surface area (Å²) >= 11 is 0. The maximum Gasteiger partial charge on any atom is 0.326 e. The molecule has 0 heterocycles. The van der Waals surface area contributed by atoms with E-state index in [1.165, 1.54) is 58.3 Å². The Balaban J connectivity index is -0.00000112. The zero-order valence-electron chi connectivity index (χ0n) is 38.9. The van der Waals surface area contributed by atoms with Crippen LogP contribution in [0.2, 0.25) is 0 Å². The first-order valence-corrected chi connectivity index (χ1v) is 23.4. The highest BCUT2D eigenvalue weighted by atomic mass is 16.5. The molecule has 0 aromatic carbocycles. The Kier molecular flexibility index (Phi) is 44.5. The molecule has 0 aromatic rings. The van der Waals surface area contributed by atoms with Crippen LogP contribution < -0.4 is 16.0 Å². The lowest BCUT2D eigenvalue weighted by Crippen LogP contribution is -2.40. The van der Waals surface area contributed by atoms with Crippen molar-refractivity contribution < 1.29 is 64.1 Å². The quantitative estimate of drug-likeness (QED) is 0.0389. The maximum absolute atomic E-state index is 11.9. The molecule has 0 saturated heterocycles. The predicted molar refractivity (Wildman–Crippen MR) is 241 cm³/mol. The first kappa shape index (κ1) is 60.6. The zero-order valence-corrected chi connectivity index (χ0v) is 38.9. The molecule has 0 aliphatic rings. The van der Waals surface area contributed by atoms with Gasteiger partial charge in [0.05, 0.1) is 33.0 Å². The molecule has 0 fully saturated rings. The van der Waals surface area contributed by atoms with Crippen molar-refractivity contribution in [1.82, 2.24) is 16.0 Å². The average Bonchev–Trinajstić information content (AvgIpc) is 3.22. The van der Waals surface area contributed by atoms with Crippen LogP contribution in [0, 0.1) is 5.92 Å². The molecule has 364 valence electrons. The zero-order chi connectivity index (χ0) is 46.5. The van der Waals surface area contributed by atoms with Crippen molar-refractivity contribution in [3.05, 3.63) is 0 Å². The topological polar surface area (TPSA) is 233 Å². The second-order valence-electron chi connectivity index (χ2n) is 15.9. The van der Waals surface area contributed by atoms with Gasteiger partial charge in [0.15, 0.2) is 0 Å². The third kappa shape index (κ3) is 47.6. The van der Waals surface area contributed by atoms with E-state index in [1.54, 1.807) is 6.92 Å². The largest absolute Gasteiger partial charge is 0.481 e. The minimum Gasteiger partial charge on any atom is -0.481 e. The molecule has 16 heteroatoms. The van der Waals surface area contributed by atoms with Crippen molar-refractivity contribution >= 4 is 41.2 Å². The number of carboxylic acids is 2. The molecule has 0 unspecified atom stereocenters. The third-order valence-corrected chi connectivity index (χ3v) is 9.96. The second-order valence-corrected chi connectivity index (χ2v) is 15.9. The summed E-state index contributed by atoms with van der Waals surface area (Å²) in [6.07, 6.45) is 21.3. The summed E-state index contributed by atoms with van der Waals surface area (Å²) in [6.45, 7) is 10.6. The van der Waals surface area contributed by atoms with E-state index in [2.05, 4.69) is 22.9 Å². The SMILES string of the molecule is CC(=O)CC[C@H](NC(=O)CCCCCCCCCCCCCCCCC(=O)O)C(=O)O.CCCCOCCOCC(=O)NCCOCCOCC(=O)NCCCC[C@H](C)C(C)=O.[HH]. The van der Waals surface area contributed by atoms with E-state index in [9.17, 15) is 33.6 Å². The van der Waals surface area contributed by atoms with Crippen LogP contribution >= 0.6 is 0 Å². The van der Waals surface area contributed by atoms with Gasteiger partial charge in [0, 0.05) is 46.3 Å². The van der Waals surface area contributed by atoms with Gasteiger partial charge in [-0.25, -0.2) is 4.79 Å². The molecule has 0 aliphatic carbocycles. The highest BCUT2D eigenvalue weighted by Crippen LogP contribution is 2.14. The minimum atomic E-state index is -1.09. The number of amides is 3. The molecule has 0 saturated carbocycles. The number of carbonyl (C=O) groups excluding carboxylic acids is 5. The molecule has 0 radical (unpaired) electrons. The maximum atomic E-state index is 11.9. The van der Waals surface area contributed by atoms with Gasteiger partial charge in [0.2, 0.25) is 17.7 Å². The number of Topliss-reactive ketones (excluding diaryl/α,β-unsaturated/α-hetero) is 2. The van der Waals surface area contributed by atoms with Crippen molar-refractivity contribution in [2.75, 3.05) is 65.9 Å². The Labute approximate surface area is 373 Å². The van der Waals surface area contributed by atoms with Crippen LogP contribution in [-0.2, 0) is 52.5 Å². The fourth-order valence-corrected chi connectivity index (χ4v) is 5.94. The van der Waals surface area contributed by atoms with E-state index in [4.69, 9.17) is 29.2 Å². The van der Waals surface area contributed by atoms with Gasteiger partial charge in [0.25, 0.3) is 0 Å². The van der Waals surface area contributed by atoms with Crippen molar-refractivity contribution in [1.29, 1.82) is 0 Å². The number of carboxylic acid groups (broad SMARTS) is 2. The first-order chi connectivity index (χ1) is 29.8. The predicted octanol–water partition coefficient (Wildman–Crippen LogP) is 6.98. The van der Waals surface area contributed by atoms with Gasteiger partial charge in [0.1, 0.15) is 30.8 Å². The highest BCUT2D eigenvalue weighted by Gasteiger charge is 2.20. The van der Waals surface area contributed by atoms with Gasteiger partial charge in [-0.3, -0.25) is 24.0 Å². The van der Waals surface area contributed by atoms with Gasteiger partial charge in [-0.15, -0.1) is 0 Å². The van der Waals surface area contributed by atoms with E-state index >= 15 is 0 Å². The molecule has 0 bridgehead atoms. The number of aliphatic carboxylic acids is 2. The summed E-state index contributed by atoms with van der Waals surface area (Å²) in [5.41, 5.74) is 0. The molecule has 0 spiro atoms. The Morgan fingerprint density at radius 1 is 0.500 bits per heavy atom. The van der Waals surface area contributed by atoms with Crippen LogP contribution in [0.25, 0.3) is 0 Å². The van der Waals surface area contributed by atoms with Gasteiger partial charge in [-0.2, -0.15) is 0 Å². The third-order valence-electron chi connectivity index (χ3n) is 9.96. The number of hydrogen-bond acceptors (Lipinski definition) is 11. The number of ketones is 2. The molecule has 3 amide bonds. The van der Waals surface area contributed by atoms with Crippen LogP contribution in [0.5, 0.6) is 0 Å². The number of nitrogens with one attached hydrogen (secondary N) is 3. The van der Waals surface area contributed by atoms with E-state index in [-0.39, 0.29) is 62.7 Å². The van der Waals surface area contributed by atoms with Crippen LogP contribution in [-0.4, -0.2) is 123 Å². The smallest absolute Gasteiger partial charge is 0.326 e. The summed E-state index contributed by atoms with van der Waals surface area (Å²) < 4.78 is 21.1. The van der Waals surface area contributed by atoms with Crippen molar-refractivity contribution in [3.8, 4) is 0 Å². The van der Waals surface area contributed by atoms with Gasteiger partial charge in [-0.1, -0.05) is 104 Å². The van der Waals surface area contributed by atoms with E-state index in [0.717, 1.165) is 77.2 Å². The molecular weight excluding hydrogens is 803 g/mol. The Bertz CT molecular complexity index is 1180. The fourth-order valence-electron chi connectivity index (χ4n) is 5.94. The molecule has 0 aliphatic heterocycles. The van der Waals surface area contributed by atoms with Crippen LogP contribution in [0.4, 0.5) is 0 Å². The summed E-state index contributed by atoms with van der Waals surface area (Å²) in [6, 6.07) is -0.978. The summed E-state index contributed by atoms with van der Waals surface area (Å²) in [4.78, 5) is 78.7. The van der Waals surface area contributed by atoms with Crippen LogP contribution in [0.3, 0.4) is 0 Å². The number of rotatable bonds is 44. The fraction of sp³-hybridized carbons (Fsp3) is 0.848. The molecule has 0 rings (SSSR count). The van der Waals surface area contributed by atoms with Gasteiger partial charge >= 0.3 is 11.9 Å². The lowest BCUT2D eigenvalue weighted by Gasteiger charge is -2.13. The lowest BCUT2D eigenvalue weighted by molar-refractivity contribution is -0.142. The second kappa shape index (κ2) is 45.6. The van der Waals surface area contributed by atoms with Crippen LogP contribution in [0.1, 0.15) is 177 Å². The van der Waals surface area contributed by atoms with Crippen molar-refractivity contribution in [2.45, 2.75) is 181 Å². The number of unbranched alkanes of at least 4 members (excludes halogenated alkanes) is 15. The van der Waals surface area contributed by atoms with E-state index in [0.29, 0.717) is 59.0 Å². The molecule has 0 aromatic heterocycles. The Morgan fingerprint density at radius 2 is 0.968 bits per heavy atom. The Hall–Kier alpha value is -3.47. The molecular formula is C46H87N3O13. The van der Waals surface area contributed by atoms with Crippen molar-refractivity contribution in [2.24, 2.45) is 5.92 Å². The number of hydrogen-bond donors (Lipinski definition) is 5. The van der Waals surface area contributed by atoms with E-state index in [1.807, 2.05) is 6.92 Å². The normalized spacial score (nSPS) is 11.8. The standard InChI is InChI=1S/C24H43NO6.C22H42N2O7.H2/c1-20(26)18-19-21(24(30)31)25-22(27)16-14-12-10-8-6-4-2-3-5-7-9-11-13-15-17-23(28)29;1-4-5-11-28-13-15-30-18-22(27)24-10-12-29-14-16-31-17-21(26)23-9-7-6-8-19(2)20(3)25;/h21H,2-19H2,1H3,(H,25,27)(H,28,29)(H,30,31);19H,4-18H2,1-3H3,(H,23,26)(H,24,27);1H/t21-;19-;/m00./s1. The van der Waals surface area contributed by atoms with Gasteiger partial charge < -0.3 is 49.9 Å². The average molecular weight is 890 g/mol. The van der Waals surface area contributed by atoms with E-state index < -0.39 is 18.0 Å². The number of ether oxygens (including phenoxy) is 4. The van der Waals surface area contributed by atoms with Gasteiger partial charge in [-0.05, 0) is 52.4 Å². The monoisotopic (exact) mass is 890 g/mol. The molecule has 16 nitrogen and oxygen atoms in total. The molecule has 5 N–H and O–H groups in total. The summed E-state index contributed by atoms with van der Waals surface area (Å²) in [5.74, 6) is -2.19. The lowest BCUT2D eigenvalue weighted by atomic mass is 10.0. The highest BCUT2D eigenvalue weighted by molar-refractivity contribution is 5.84. The van der Waals surface area contributed by atoms with Crippen molar-refractivity contribution in [3.63, 3.8) is 0 Å². The molecule has 2 atom stereocenters. The summed E-state index contributed by atoms with van der Waals surface area (Å²) in [7, 11) is 0. The summed E-state index contributed by atoms with van der Waals surface area (Å²) in [5, 5.41) is 25.7.